The normalized spacial score (nSPS) is 16.0. The minimum Gasteiger partial charge on any atom is -0.379 e. The topological polar surface area (TPSA) is 108 Å². The van der Waals surface area contributed by atoms with E-state index in [1.54, 1.807) is 11.3 Å². The summed E-state index contributed by atoms with van der Waals surface area (Å²) in [6.07, 6.45) is 0. The van der Waals surface area contributed by atoms with Gasteiger partial charge in [0.05, 0.1) is 30.7 Å². The van der Waals surface area contributed by atoms with Gasteiger partial charge in [0.2, 0.25) is 21.8 Å². The number of rotatable bonds is 9. The van der Waals surface area contributed by atoms with Crippen LogP contribution in [0.3, 0.4) is 0 Å². The highest BCUT2D eigenvalue weighted by Crippen LogP contribution is 2.25. The van der Waals surface area contributed by atoms with Crippen molar-refractivity contribution in [2.75, 3.05) is 51.8 Å². The Hall–Kier alpha value is -2.31. The van der Waals surface area contributed by atoms with E-state index in [0.29, 0.717) is 25.4 Å². The van der Waals surface area contributed by atoms with Crippen LogP contribution in [0, 0.1) is 0 Å². The summed E-state index contributed by atoms with van der Waals surface area (Å²) in [5.41, 5.74) is 0.500. The van der Waals surface area contributed by atoms with Gasteiger partial charge in [0.25, 0.3) is 0 Å². The van der Waals surface area contributed by atoms with Gasteiger partial charge in [-0.1, -0.05) is 6.07 Å². The zero-order valence-electron chi connectivity index (χ0n) is 18.1. The third-order valence-corrected chi connectivity index (χ3v) is 7.89. The van der Waals surface area contributed by atoms with Gasteiger partial charge in [-0.05, 0) is 35.7 Å². The van der Waals surface area contributed by atoms with Crippen molar-refractivity contribution in [3.05, 3.63) is 46.7 Å². The van der Waals surface area contributed by atoms with Gasteiger partial charge < -0.3 is 15.4 Å². The lowest BCUT2D eigenvalue weighted by Gasteiger charge is -2.34. The molecule has 1 aromatic carbocycles. The maximum absolute atomic E-state index is 12.8. The number of ether oxygens (including phenoxy) is 1. The van der Waals surface area contributed by atoms with E-state index in [-0.39, 0.29) is 29.3 Å². The van der Waals surface area contributed by atoms with Crippen molar-refractivity contribution >= 4 is 38.9 Å². The molecule has 1 aromatic heterocycles. The van der Waals surface area contributed by atoms with Crippen molar-refractivity contribution in [1.29, 1.82) is 0 Å². The molecule has 1 saturated heterocycles. The van der Waals surface area contributed by atoms with Crippen LogP contribution in [0.5, 0.6) is 0 Å². The molecule has 0 aliphatic carbocycles. The number of hydrogen-bond acceptors (Lipinski definition) is 7. The van der Waals surface area contributed by atoms with Crippen molar-refractivity contribution in [3.63, 3.8) is 0 Å². The SMILES string of the molecule is CC(=O)Nc1ccc(S(=O)(=O)N(C)CC(=O)NCC(c2cccs2)N2CCOCC2)cc1. The Labute approximate surface area is 192 Å². The van der Waals surface area contributed by atoms with Crippen LogP contribution in [-0.4, -0.2) is 75.9 Å². The lowest BCUT2D eigenvalue weighted by atomic mass is 10.2. The number of carbonyl (C=O) groups excluding carboxylic acids is 2. The van der Waals surface area contributed by atoms with Gasteiger partial charge in [-0.3, -0.25) is 14.5 Å². The minimum absolute atomic E-state index is 0.0195. The van der Waals surface area contributed by atoms with Crippen LogP contribution in [0.2, 0.25) is 0 Å². The average Bonchev–Trinajstić information content (AvgIpc) is 3.29. The number of morpholine rings is 1. The van der Waals surface area contributed by atoms with Gasteiger partial charge in [-0.25, -0.2) is 8.42 Å². The van der Waals surface area contributed by atoms with E-state index in [1.165, 1.54) is 38.2 Å². The number of thiophene rings is 1. The molecule has 0 spiro atoms. The fourth-order valence-corrected chi connectivity index (χ4v) is 5.41. The largest absolute Gasteiger partial charge is 0.379 e. The third-order valence-electron chi connectivity index (χ3n) is 5.10. The molecule has 2 N–H and O–H groups in total. The maximum atomic E-state index is 12.8. The Morgan fingerprint density at radius 3 is 2.47 bits per heavy atom. The molecular weight excluding hydrogens is 452 g/mol. The predicted molar refractivity (Wildman–Crippen MR) is 123 cm³/mol. The number of carbonyl (C=O) groups is 2. The highest BCUT2D eigenvalue weighted by atomic mass is 32.2. The van der Waals surface area contributed by atoms with Crippen LogP contribution in [0.1, 0.15) is 17.8 Å². The summed E-state index contributed by atoms with van der Waals surface area (Å²) in [6.45, 7) is 4.32. The minimum atomic E-state index is -3.85. The zero-order chi connectivity index (χ0) is 23.1. The highest BCUT2D eigenvalue weighted by Gasteiger charge is 2.26. The summed E-state index contributed by atoms with van der Waals surface area (Å²) >= 11 is 1.63. The summed E-state index contributed by atoms with van der Waals surface area (Å²) < 4.78 is 32.1. The van der Waals surface area contributed by atoms with Gasteiger partial charge in [0.15, 0.2) is 0 Å². The van der Waals surface area contributed by atoms with Crippen LogP contribution < -0.4 is 10.6 Å². The van der Waals surface area contributed by atoms with E-state index in [0.717, 1.165) is 22.3 Å². The zero-order valence-corrected chi connectivity index (χ0v) is 19.7. The lowest BCUT2D eigenvalue weighted by molar-refractivity contribution is -0.121. The molecule has 2 amide bonds. The third kappa shape index (κ3) is 6.36. The quantitative estimate of drug-likeness (QED) is 0.563. The van der Waals surface area contributed by atoms with E-state index >= 15 is 0 Å². The Morgan fingerprint density at radius 2 is 1.88 bits per heavy atom. The summed E-state index contributed by atoms with van der Waals surface area (Å²) in [5, 5.41) is 7.48. The summed E-state index contributed by atoms with van der Waals surface area (Å²) in [7, 11) is -2.48. The Bertz CT molecular complexity index is 1000. The first-order chi connectivity index (χ1) is 15.3. The standard InChI is InChI=1S/C21H28N4O5S2/c1-16(26)23-17-5-7-18(8-6-17)32(28,29)24(2)15-21(27)22-14-19(20-4-3-13-31-20)25-9-11-30-12-10-25/h3-8,13,19H,9-12,14-15H2,1-2H3,(H,22,27)(H,23,26). The molecule has 0 radical (unpaired) electrons. The number of sulfonamides is 1. The first-order valence-corrected chi connectivity index (χ1v) is 12.6. The van der Waals surface area contributed by atoms with E-state index in [1.807, 2.05) is 17.5 Å². The molecule has 2 heterocycles. The molecule has 0 saturated carbocycles. The van der Waals surface area contributed by atoms with E-state index in [2.05, 4.69) is 15.5 Å². The van der Waals surface area contributed by atoms with Crippen LogP contribution in [0.4, 0.5) is 5.69 Å². The van der Waals surface area contributed by atoms with Gasteiger partial charge in [-0.15, -0.1) is 11.3 Å². The molecule has 11 heteroatoms. The van der Waals surface area contributed by atoms with Gasteiger partial charge in [-0.2, -0.15) is 4.31 Å². The molecule has 174 valence electrons. The van der Waals surface area contributed by atoms with Crippen molar-refractivity contribution in [3.8, 4) is 0 Å². The van der Waals surface area contributed by atoms with Crippen LogP contribution in [0.25, 0.3) is 0 Å². The molecule has 1 atom stereocenters. The number of amides is 2. The predicted octanol–water partition coefficient (Wildman–Crippen LogP) is 1.52. The molecule has 1 aliphatic heterocycles. The summed E-state index contributed by atoms with van der Waals surface area (Å²) in [6, 6.07) is 9.86. The lowest BCUT2D eigenvalue weighted by Crippen LogP contribution is -2.45. The number of benzene rings is 1. The Balaban J connectivity index is 1.59. The number of anilines is 1. The Morgan fingerprint density at radius 1 is 1.19 bits per heavy atom. The molecule has 1 aliphatic rings. The van der Waals surface area contributed by atoms with Crippen molar-refractivity contribution in [2.24, 2.45) is 0 Å². The van der Waals surface area contributed by atoms with E-state index in [9.17, 15) is 18.0 Å². The second-order valence-corrected chi connectivity index (χ2v) is 10.5. The smallest absolute Gasteiger partial charge is 0.243 e. The Kier molecular flexibility index (Phi) is 8.38. The van der Waals surface area contributed by atoms with Crippen molar-refractivity contribution in [2.45, 2.75) is 17.9 Å². The molecule has 1 fully saturated rings. The number of likely N-dealkylation sites (N-methyl/N-ethyl adjacent to an activating group) is 1. The molecule has 2 aromatic rings. The molecule has 3 rings (SSSR count). The van der Waals surface area contributed by atoms with Crippen LogP contribution in [0.15, 0.2) is 46.7 Å². The average molecular weight is 481 g/mol. The van der Waals surface area contributed by atoms with E-state index < -0.39 is 10.0 Å². The molecule has 9 nitrogen and oxygen atoms in total. The fraction of sp³-hybridized carbons (Fsp3) is 0.429. The van der Waals surface area contributed by atoms with Gasteiger partial charge in [0.1, 0.15) is 0 Å². The van der Waals surface area contributed by atoms with Gasteiger partial charge >= 0.3 is 0 Å². The van der Waals surface area contributed by atoms with Gasteiger partial charge in [0, 0.05) is 44.2 Å². The molecular formula is C21H28N4O5S2. The molecule has 1 unspecified atom stereocenters. The summed E-state index contributed by atoms with van der Waals surface area (Å²) in [4.78, 5) is 27.1. The van der Waals surface area contributed by atoms with Crippen LogP contribution >= 0.6 is 11.3 Å². The van der Waals surface area contributed by atoms with Crippen molar-refractivity contribution < 1.29 is 22.7 Å². The molecule has 32 heavy (non-hydrogen) atoms. The number of nitrogens with zero attached hydrogens (tertiary/aromatic N) is 2. The second-order valence-electron chi connectivity index (χ2n) is 7.45. The maximum Gasteiger partial charge on any atom is 0.243 e. The molecule has 0 bridgehead atoms. The number of hydrogen-bond donors (Lipinski definition) is 2. The highest BCUT2D eigenvalue weighted by molar-refractivity contribution is 7.89. The van der Waals surface area contributed by atoms with E-state index in [4.69, 9.17) is 4.74 Å². The second kappa shape index (κ2) is 11.0. The van der Waals surface area contributed by atoms with Crippen LogP contribution in [-0.2, 0) is 24.3 Å². The number of nitrogens with one attached hydrogen (secondary N) is 2. The first-order valence-electron chi connectivity index (χ1n) is 10.2. The fourth-order valence-electron chi connectivity index (χ4n) is 3.43. The summed E-state index contributed by atoms with van der Waals surface area (Å²) in [5.74, 6) is -0.618. The first kappa shape index (κ1) is 24.3. The van der Waals surface area contributed by atoms with Crippen molar-refractivity contribution in [1.82, 2.24) is 14.5 Å². The monoisotopic (exact) mass is 480 g/mol.